The van der Waals surface area contributed by atoms with Crippen LogP contribution in [0.1, 0.15) is 30.8 Å². The van der Waals surface area contributed by atoms with Gasteiger partial charge in [-0.3, -0.25) is 14.6 Å². The molecule has 0 N–H and O–H groups in total. The number of aromatic nitrogens is 2. The molecule has 1 aliphatic heterocycles. The minimum Gasteiger partial charge on any atom is -0.268 e. The van der Waals surface area contributed by atoms with Gasteiger partial charge in [-0.25, -0.2) is 15.0 Å². The zero-order valence-corrected chi connectivity index (χ0v) is 14.4. The van der Waals surface area contributed by atoms with Gasteiger partial charge in [0.2, 0.25) is 0 Å². The Hall–Kier alpha value is -2.54. The lowest BCUT2D eigenvalue weighted by Gasteiger charge is -2.26. The highest BCUT2D eigenvalue weighted by molar-refractivity contribution is 7.13. The van der Waals surface area contributed by atoms with E-state index in [0.717, 1.165) is 22.6 Å². The lowest BCUT2D eigenvalue weighted by Crippen LogP contribution is -2.44. The van der Waals surface area contributed by atoms with Crippen molar-refractivity contribution in [3.63, 3.8) is 0 Å². The number of carbonyl (C=O) groups is 2. The summed E-state index contributed by atoms with van der Waals surface area (Å²) in [7, 11) is 0. The maximum absolute atomic E-state index is 12.7. The molecule has 0 spiro atoms. The molecule has 7 heteroatoms. The Morgan fingerprint density at radius 1 is 1.25 bits per heavy atom. The third-order valence-electron chi connectivity index (χ3n) is 3.56. The fraction of sp³-hybridized carbons (Fsp3) is 0.294. The summed E-state index contributed by atoms with van der Waals surface area (Å²) < 4.78 is 0. The van der Waals surface area contributed by atoms with Crippen LogP contribution in [0.2, 0.25) is 0 Å². The van der Waals surface area contributed by atoms with Crippen molar-refractivity contribution < 1.29 is 9.59 Å². The third-order valence-corrected chi connectivity index (χ3v) is 4.46. The first-order valence-corrected chi connectivity index (χ1v) is 8.58. The smallest absolute Gasteiger partial charge is 0.268 e. The van der Waals surface area contributed by atoms with E-state index in [0.29, 0.717) is 18.8 Å². The number of hydrogen-bond acceptors (Lipinski definition) is 5. The van der Waals surface area contributed by atoms with E-state index in [1.54, 1.807) is 23.8 Å². The van der Waals surface area contributed by atoms with Crippen molar-refractivity contribution in [1.29, 1.82) is 0 Å². The lowest BCUT2D eigenvalue weighted by molar-refractivity contribution is -0.135. The maximum atomic E-state index is 12.7. The molecular formula is C17H18N4O2S. The quantitative estimate of drug-likeness (QED) is 0.805. The summed E-state index contributed by atoms with van der Waals surface area (Å²) in [6.07, 6.45) is 5.73. The standard InChI is InChI=1S/C17H18N4O2S/c1-12(2)9-15(22)20-7-4-8-21(20)17(23)14-11-24-16(19-14)13-5-3-6-18-10-13/h3,5-6,9-11H,4,7-8H2,1-2H3. The summed E-state index contributed by atoms with van der Waals surface area (Å²) in [5.41, 5.74) is 2.14. The van der Waals surface area contributed by atoms with Gasteiger partial charge in [-0.05, 0) is 32.4 Å². The molecule has 3 rings (SSSR count). The second-order valence-corrected chi connectivity index (χ2v) is 6.60. The van der Waals surface area contributed by atoms with Crippen molar-refractivity contribution in [2.24, 2.45) is 0 Å². The predicted molar refractivity (Wildman–Crippen MR) is 92.1 cm³/mol. The van der Waals surface area contributed by atoms with Gasteiger partial charge in [0.15, 0.2) is 0 Å². The molecule has 3 heterocycles. The Kier molecular flexibility index (Phi) is 4.71. The first kappa shape index (κ1) is 16.3. The normalized spacial score (nSPS) is 13.9. The fourth-order valence-corrected chi connectivity index (χ4v) is 3.28. The zero-order valence-electron chi connectivity index (χ0n) is 13.6. The van der Waals surface area contributed by atoms with Gasteiger partial charge in [0.05, 0.1) is 0 Å². The number of allylic oxidation sites excluding steroid dienone is 1. The van der Waals surface area contributed by atoms with Crippen LogP contribution in [-0.2, 0) is 4.79 Å². The Morgan fingerprint density at radius 3 is 2.75 bits per heavy atom. The fourth-order valence-electron chi connectivity index (χ4n) is 2.50. The van der Waals surface area contributed by atoms with Crippen LogP contribution in [0.25, 0.3) is 10.6 Å². The van der Waals surface area contributed by atoms with E-state index in [4.69, 9.17) is 0 Å². The third kappa shape index (κ3) is 3.35. The van der Waals surface area contributed by atoms with Gasteiger partial charge in [-0.1, -0.05) is 5.57 Å². The van der Waals surface area contributed by atoms with E-state index in [2.05, 4.69) is 9.97 Å². The van der Waals surface area contributed by atoms with Crippen LogP contribution in [0.4, 0.5) is 0 Å². The van der Waals surface area contributed by atoms with Gasteiger partial charge >= 0.3 is 0 Å². The van der Waals surface area contributed by atoms with Crippen LogP contribution in [-0.4, -0.2) is 44.9 Å². The van der Waals surface area contributed by atoms with Gasteiger partial charge in [0.25, 0.3) is 11.8 Å². The zero-order chi connectivity index (χ0) is 17.1. The number of nitrogens with zero attached hydrogens (tertiary/aromatic N) is 4. The molecule has 2 amide bonds. The Bertz CT molecular complexity index is 781. The highest BCUT2D eigenvalue weighted by Crippen LogP contribution is 2.24. The molecule has 0 aliphatic carbocycles. The monoisotopic (exact) mass is 342 g/mol. The van der Waals surface area contributed by atoms with Crippen molar-refractivity contribution in [2.45, 2.75) is 20.3 Å². The molecule has 0 saturated carbocycles. The molecule has 124 valence electrons. The van der Waals surface area contributed by atoms with Crippen LogP contribution in [0.5, 0.6) is 0 Å². The van der Waals surface area contributed by atoms with Crippen LogP contribution in [0.3, 0.4) is 0 Å². The summed E-state index contributed by atoms with van der Waals surface area (Å²) in [6, 6.07) is 3.74. The number of amides is 2. The Morgan fingerprint density at radius 2 is 2.04 bits per heavy atom. The molecular weight excluding hydrogens is 324 g/mol. The van der Waals surface area contributed by atoms with Gasteiger partial charge in [0, 0.05) is 42.5 Å². The summed E-state index contributed by atoms with van der Waals surface area (Å²) in [5, 5.41) is 5.46. The predicted octanol–water partition coefficient (Wildman–Crippen LogP) is 2.76. The molecule has 2 aromatic heterocycles. The first-order chi connectivity index (χ1) is 11.6. The van der Waals surface area contributed by atoms with E-state index in [1.807, 2.05) is 26.0 Å². The van der Waals surface area contributed by atoms with Crippen molar-refractivity contribution in [2.75, 3.05) is 13.1 Å². The number of hydrazine groups is 1. The largest absolute Gasteiger partial charge is 0.291 e. The minimum absolute atomic E-state index is 0.163. The van der Waals surface area contributed by atoms with Gasteiger partial charge in [0.1, 0.15) is 10.7 Å². The molecule has 24 heavy (non-hydrogen) atoms. The van der Waals surface area contributed by atoms with Crippen molar-refractivity contribution >= 4 is 23.2 Å². The second kappa shape index (κ2) is 6.92. The molecule has 1 aliphatic rings. The van der Waals surface area contributed by atoms with Crippen LogP contribution < -0.4 is 0 Å². The highest BCUT2D eigenvalue weighted by Gasteiger charge is 2.31. The molecule has 0 bridgehead atoms. The summed E-state index contributed by atoms with van der Waals surface area (Å²) >= 11 is 1.40. The SMILES string of the molecule is CC(C)=CC(=O)N1CCCN1C(=O)c1csc(-c2cccnc2)n1. The number of rotatable bonds is 3. The molecule has 2 aromatic rings. The number of hydrogen-bond donors (Lipinski definition) is 0. The Balaban J connectivity index is 1.80. The van der Waals surface area contributed by atoms with Gasteiger partial charge in [-0.2, -0.15) is 0 Å². The molecule has 0 unspecified atom stereocenters. The van der Waals surface area contributed by atoms with Crippen molar-refractivity contribution in [1.82, 2.24) is 20.0 Å². The number of pyridine rings is 1. The lowest BCUT2D eigenvalue weighted by atomic mass is 10.3. The molecule has 1 fully saturated rings. The minimum atomic E-state index is -0.241. The van der Waals surface area contributed by atoms with E-state index >= 15 is 0 Å². The van der Waals surface area contributed by atoms with Crippen molar-refractivity contribution in [3.8, 4) is 10.6 Å². The highest BCUT2D eigenvalue weighted by atomic mass is 32.1. The molecule has 1 saturated heterocycles. The molecule has 6 nitrogen and oxygen atoms in total. The van der Waals surface area contributed by atoms with Gasteiger partial charge < -0.3 is 0 Å². The summed E-state index contributed by atoms with van der Waals surface area (Å²) in [4.78, 5) is 33.5. The van der Waals surface area contributed by atoms with Crippen LogP contribution in [0, 0.1) is 0 Å². The average Bonchev–Trinajstić information content (AvgIpc) is 3.24. The Labute approximate surface area is 144 Å². The van der Waals surface area contributed by atoms with Crippen LogP contribution in [0.15, 0.2) is 41.6 Å². The molecule has 0 atom stereocenters. The van der Waals surface area contributed by atoms with E-state index in [9.17, 15) is 9.59 Å². The topological polar surface area (TPSA) is 66.4 Å². The van der Waals surface area contributed by atoms with Gasteiger partial charge in [-0.15, -0.1) is 11.3 Å². The molecule has 0 aromatic carbocycles. The van der Waals surface area contributed by atoms with Crippen molar-refractivity contribution in [3.05, 3.63) is 47.2 Å². The first-order valence-electron chi connectivity index (χ1n) is 7.70. The average molecular weight is 342 g/mol. The maximum Gasteiger partial charge on any atom is 0.291 e. The summed E-state index contributed by atoms with van der Waals surface area (Å²) in [5.74, 6) is -0.405. The summed E-state index contributed by atoms with van der Waals surface area (Å²) in [6.45, 7) is 4.80. The number of thiazole rings is 1. The molecule has 0 radical (unpaired) electrons. The van der Waals surface area contributed by atoms with E-state index in [1.165, 1.54) is 21.4 Å². The second-order valence-electron chi connectivity index (χ2n) is 5.74. The number of carbonyl (C=O) groups excluding carboxylic acids is 2. The van der Waals surface area contributed by atoms with E-state index < -0.39 is 0 Å². The van der Waals surface area contributed by atoms with Crippen LogP contribution >= 0.6 is 11.3 Å². The van der Waals surface area contributed by atoms with E-state index in [-0.39, 0.29) is 11.8 Å².